The Kier molecular flexibility index (Phi) is 14.5. The molecule has 0 unspecified atom stereocenters. The predicted octanol–water partition coefficient (Wildman–Crippen LogP) is 4.42. The quantitative estimate of drug-likeness (QED) is 0.300. The molecule has 250 valence electrons. The maximum atomic E-state index is 13.1. The Morgan fingerprint density at radius 1 is 0.978 bits per heavy atom. The van der Waals surface area contributed by atoms with Crippen molar-refractivity contribution in [3.05, 3.63) is 59.4 Å². The molecule has 46 heavy (non-hydrogen) atoms. The van der Waals surface area contributed by atoms with Gasteiger partial charge in [0.15, 0.2) is 11.5 Å². The molecule has 1 aliphatic carbocycles. The number of carbonyl (C=O) groups is 1. The summed E-state index contributed by atoms with van der Waals surface area (Å²) in [6.07, 6.45) is 28.9. The highest BCUT2D eigenvalue weighted by atomic mass is 16.5. The summed E-state index contributed by atoms with van der Waals surface area (Å²) >= 11 is 0. The van der Waals surface area contributed by atoms with Crippen LogP contribution in [0, 0.1) is 18.8 Å². The summed E-state index contributed by atoms with van der Waals surface area (Å²) in [4.78, 5) is 31.6. The van der Waals surface area contributed by atoms with Crippen molar-refractivity contribution in [1.29, 1.82) is 0 Å². The van der Waals surface area contributed by atoms with Crippen molar-refractivity contribution in [3.8, 4) is 12.8 Å². The fraction of sp³-hybridized carbons (Fsp3) is 0.583. The van der Waals surface area contributed by atoms with Crippen molar-refractivity contribution < 1.29 is 14.3 Å². The first-order valence-corrected chi connectivity index (χ1v) is 16.8. The number of piperazine rings is 1. The third-order valence-corrected chi connectivity index (χ3v) is 9.19. The molecule has 5 rings (SSSR count). The Bertz CT molecular complexity index is 1220. The van der Waals surface area contributed by atoms with Gasteiger partial charge in [-0.3, -0.25) is 4.99 Å². The smallest absolute Gasteiger partial charge is 0.321 e. The van der Waals surface area contributed by atoms with E-state index in [4.69, 9.17) is 14.5 Å². The molecule has 0 aromatic heterocycles. The average Bonchev–Trinajstić information content (AvgIpc) is 3.54. The minimum atomic E-state index is -0.0170. The van der Waals surface area contributed by atoms with Crippen molar-refractivity contribution in [2.45, 2.75) is 44.9 Å². The second-order valence-electron chi connectivity index (χ2n) is 12.3. The number of amides is 2. The van der Waals surface area contributed by atoms with E-state index in [-0.39, 0.29) is 6.03 Å². The number of aliphatic imine (C=N–C) groups is 2. The number of piperidine rings is 1. The number of terminal acetylenes is 1. The second kappa shape index (κ2) is 19.0. The predicted molar refractivity (Wildman–Crippen MR) is 187 cm³/mol. The highest BCUT2D eigenvalue weighted by Crippen LogP contribution is 2.24. The van der Waals surface area contributed by atoms with Crippen LogP contribution < -0.4 is 5.32 Å². The summed E-state index contributed by atoms with van der Waals surface area (Å²) in [5, 5.41) is 3.16. The average molecular weight is 632 g/mol. The molecule has 0 atom stereocenters. The fourth-order valence-corrected chi connectivity index (χ4v) is 6.40. The van der Waals surface area contributed by atoms with Crippen LogP contribution in [-0.2, 0) is 9.47 Å². The highest BCUT2D eigenvalue weighted by molar-refractivity contribution is 5.93. The maximum absolute atomic E-state index is 13.1. The van der Waals surface area contributed by atoms with Gasteiger partial charge in [-0.2, -0.15) is 0 Å². The molecule has 0 saturated carbocycles. The first-order valence-electron chi connectivity index (χ1n) is 16.8. The molecule has 0 bridgehead atoms. The largest absolute Gasteiger partial charge is 0.493 e. The lowest BCUT2D eigenvalue weighted by Crippen LogP contribution is -2.45. The number of nitrogens with zero attached hydrogens (tertiary/aromatic N) is 6. The number of hydrogen-bond donors (Lipinski definition) is 1. The normalized spacial score (nSPS) is 24.1. The highest BCUT2D eigenvalue weighted by Gasteiger charge is 2.26. The van der Waals surface area contributed by atoms with E-state index in [1.807, 2.05) is 11.0 Å². The van der Waals surface area contributed by atoms with E-state index in [1.54, 1.807) is 13.4 Å². The van der Waals surface area contributed by atoms with Gasteiger partial charge in [0.25, 0.3) is 0 Å². The van der Waals surface area contributed by atoms with Gasteiger partial charge < -0.3 is 34.4 Å². The van der Waals surface area contributed by atoms with Gasteiger partial charge in [-0.15, -0.1) is 12.8 Å². The molecule has 3 saturated heterocycles. The van der Waals surface area contributed by atoms with Crippen LogP contribution in [-0.4, -0.2) is 124 Å². The van der Waals surface area contributed by atoms with E-state index < -0.39 is 0 Å². The summed E-state index contributed by atoms with van der Waals surface area (Å²) in [6, 6.07) is -0.0170. The molecular weight excluding hydrogens is 578 g/mol. The first kappa shape index (κ1) is 35.1. The summed E-state index contributed by atoms with van der Waals surface area (Å²) in [5.74, 6) is 1.78. The standard InChI is InChI=1S/C34H51N7O3.C2H2/c1-38-22-24-39(25-23-38)17-6-26-44-33-13-16-35-27-36-31(11-12-32(33)43-2)28-14-20-41(21-15-28)34(42)37-29-7-5-8-30(10-9-29)40-18-3-4-19-40;1-2/h5,8-10,12-13,27-28H,3-4,6-7,11,14-26H2,1-2H3,(H,37,42);1-2H/b32-12+,33-13+,35-27?,36-31?;. The number of rotatable bonds is 9. The van der Waals surface area contributed by atoms with Crippen LogP contribution in [0.4, 0.5) is 4.79 Å². The third kappa shape index (κ3) is 10.6. The van der Waals surface area contributed by atoms with Gasteiger partial charge in [0.1, 0.15) is 6.34 Å². The van der Waals surface area contributed by atoms with Gasteiger partial charge >= 0.3 is 6.03 Å². The lowest BCUT2D eigenvalue weighted by Gasteiger charge is -2.32. The summed E-state index contributed by atoms with van der Waals surface area (Å²) in [6.45, 7) is 10.3. The van der Waals surface area contributed by atoms with E-state index >= 15 is 0 Å². The topological polar surface area (TPSA) is 85.2 Å². The van der Waals surface area contributed by atoms with Crippen LogP contribution in [0.2, 0.25) is 0 Å². The molecule has 0 aromatic rings. The van der Waals surface area contributed by atoms with Gasteiger partial charge in [-0.1, -0.05) is 6.08 Å². The Balaban J connectivity index is 0.00000235. The maximum Gasteiger partial charge on any atom is 0.321 e. The number of methoxy groups -OCH3 is 1. The Morgan fingerprint density at radius 2 is 1.74 bits per heavy atom. The van der Waals surface area contributed by atoms with Gasteiger partial charge in [0.2, 0.25) is 0 Å². The second-order valence-corrected chi connectivity index (χ2v) is 12.3. The van der Waals surface area contributed by atoms with Gasteiger partial charge in [0, 0.05) is 94.8 Å². The van der Waals surface area contributed by atoms with Crippen LogP contribution >= 0.6 is 0 Å². The lowest BCUT2D eigenvalue weighted by atomic mass is 9.90. The van der Waals surface area contributed by atoms with E-state index in [9.17, 15) is 4.79 Å². The first-order chi connectivity index (χ1) is 22.6. The summed E-state index contributed by atoms with van der Waals surface area (Å²) < 4.78 is 12.0. The molecule has 0 radical (unpaired) electrons. The van der Waals surface area contributed by atoms with E-state index in [0.717, 1.165) is 94.4 Å². The monoisotopic (exact) mass is 631 g/mol. The van der Waals surface area contributed by atoms with E-state index in [2.05, 4.69) is 75.3 Å². The molecule has 1 N–H and O–H groups in total. The molecule has 2 amide bonds. The summed E-state index contributed by atoms with van der Waals surface area (Å²) in [5.41, 5.74) is 3.26. The Morgan fingerprint density at radius 3 is 2.48 bits per heavy atom. The Labute approximate surface area is 276 Å². The number of urea groups is 1. The van der Waals surface area contributed by atoms with E-state index in [1.165, 1.54) is 18.5 Å². The van der Waals surface area contributed by atoms with Crippen molar-refractivity contribution in [3.63, 3.8) is 0 Å². The van der Waals surface area contributed by atoms with Gasteiger partial charge in [0.05, 0.1) is 20.3 Å². The number of likely N-dealkylation sites (tertiary alicyclic amines) is 2. The molecule has 5 aliphatic rings. The van der Waals surface area contributed by atoms with E-state index in [0.29, 0.717) is 38.6 Å². The minimum Gasteiger partial charge on any atom is -0.493 e. The molecule has 4 aliphatic heterocycles. The number of allylic oxidation sites excluding steroid dienone is 5. The zero-order chi connectivity index (χ0) is 32.6. The molecule has 10 nitrogen and oxygen atoms in total. The minimum absolute atomic E-state index is 0.0170. The van der Waals surface area contributed by atoms with Gasteiger partial charge in [-0.05, 0) is 69.5 Å². The van der Waals surface area contributed by atoms with Crippen molar-refractivity contribution >= 4 is 18.1 Å². The summed E-state index contributed by atoms with van der Waals surface area (Å²) in [7, 11) is 3.88. The molecule has 10 heteroatoms. The third-order valence-electron chi connectivity index (χ3n) is 9.19. The van der Waals surface area contributed by atoms with Crippen molar-refractivity contribution in [1.82, 2.24) is 24.9 Å². The number of nitrogens with one attached hydrogen (secondary N) is 1. The number of likely N-dealkylation sites (N-methyl/N-ethyl adjacent to an activating group) is 1. The molecule has 4 heterocycles. The fourth-order valence-electron chi connectivity index (χ4n) is 6.40. The lowest BCUT2D eigenvalue weighted by molar-refractivity contribution is 0.129. The molecular formula is C36H53N7O3. The van der Waals surface area contributed by atoms with Crippen molar-refractivity contribution in [2.24, 2.45) is 15.9 Å². The Hall–Kier alpha value is -3.81. The van der Waals surface area contributed by atoms with Crippen LogP contribution in [0.1, 0.15) is 44.9 Å². The van der Waals surface area contributed by atoms with Crippen LogP contribution in [0.25, 0.3) is 0 Å². The SMILES string of the molecule is C#C.COC1=C/CC(C2CCN(C(=O)NC3=CC=C(N4CCCC4)C=CC3)CC2)=NC=NC/C=C\1OCCCN1CCN(C)CC1. The van der Waals surface area contributed by atoms with Crippen LogP contribution in [0.15, 0.2) is 69.4 Å². The van der Waals surface area contributed by atoms with Crippen molar-refractivity contribution in [2.75, 3.05) is 86.2 Å². The number of hydrogen-bond acceptors (Lipinski definition) is 8. The number of carbonyl (C=O) groups excluding carboxylic acids is 1. The van der Waals surface area contributed by atoms with Gasteiger partial charge in [-0.25, -0.2) is 9.79 Å². The zero-order valence-corrected chi connectivity index (χ0v) is 27.9. The zero-order valence-electron chi connectivity index (χ0n) is 27.9. The van der Waals surface area contributed by atoms with Crippen LogP contribution in [0.5, 0.6) is 0 Å². The molecule has 3 fully saturated rings. The molecule has 0 spiro atoms. The molecule has 0 aromatic carbocycles. The van der Waals surface area contributed by atoms with Crippen LogP contribution in [0.3, 0.4) is 0 Å². The number of ether oxygens (including phenoxy) is 2.